The van der Waals surface area contributed by atoms with Gasteiger partial charge in [0.25, 0.3) is 0 Å². The van der Waals surface area contributed by atoms with Crippen molar-refractivity contribution in [3.8, 4) is 0 Å². The molecule has 1 unspecified atom stereocenters. The van der Waals surface area contributed by atoms with E-state index in [0.717, 1.165) is 0 Å². The highest BCUT2D eigenvalue weighted by Crippen LogP contribution is 2.26. The van der Waals surface area contributed by atoms with Gasteiger partial charge in [0.05, 0.1) is 11.1 Å². The van der Waals surface area contributed by atoms with Crippen LogP contribution in [-0.2, 0) is 0 Å². The van der Waals surface area contributed by atoms with Gasteiger partial charge in [-0.2, -0.15) is 0 Å². The predicted octanol–water partition coefficient (Wildman–Crippen LogP) is 3.48. The summed E-state index contributed by atoms with van der Waals surface area (Å²) in [5.41, 5.74) is 0.567. The first-order valence-electron chi connectivity index (χ1n) is 3.49. The zero-order valence-corrected chi connectivity index (χ0v) is 7.94. The van der Waals surface area contributed by atoms with Crippen molar-refractivity contribution < 1.29 is 8.78 Å². The third kappa shape index (κ3) is 1.83. The SMILES string of the molecule is [CH2]C(CF)c1cccc(F)c1Br. The molecule has 1 atom stereocenters. The largest absolute Gasteiger partial charge is 0.250 e. The van der Waals surface area contributed by atoms with Crippen molar-refractivity contribution in [3.63, 3.8) is 0 Å². The number of rotatable bonds is 2. The second kappa shape index (κ2) is 3.99. The Balaban J connectivity index is 3.07. The zero-order chi connectivity index (χ0) is 9.14. The molecular weight excluding hydrogens is 226 g/mol. The van der Waals surface area contributed by atoms with Gasteiger partial charge in [0, 0.05) is 5.92 Å². The van der Waals surface area contributed by atoms with Crippen molar-refractivity contribution in [2.45, 2.75) is 5.92 Å². The van der Waals surface area contributed by atoms with Gasteiger partial charge in [0.15, 0.2) is 0 Å². The Kier molecular flexibility index (Phi) is 3.20. The second-order valence-corrected chi connectivity index (χ2v) is 3.29. The third-order valence-electron chi connectivity index (χ3n) is 1.61. The highest BCUT2D eigenvalue weighted by molar-refractivity contribution is 9.10. The minimum Gasteiger partial charge on any atom is -0.250 e. The average molecular weight is 234 g/mol. The van der Waals surface area contributed by atoms with Crippen LogP contribution in [0.1, 0.15) is 11.5 Å². The van der Waals surface area contributed by atoms with E-state index in [-0.39, 0.29) is 5.82 Å². The molecule has 0 heterocycles. The average Bonchev–Trinajstić information content (AvgIpc) is 2.08. The summed E-state index contributed by atoms with van der Waals surface area (Å²) in [7, 11) is 0. The molecule has 0 nitrogen and oxygen atoms in total. The molecule has 0 saturated heterocycles. The lowest BCUT2D eigenvalue weighted by Gasteiger charge is -2.09. The topological polar surface area (TPSA) is 0 Å². The van der Waals surface area contributed by atoms with E-state index in [2.05, 4.69) is 22.9 Å². The van der Waals surface area contributed by atoms with Crippen molar-refractivity contribution in [1.82, 2.24) is 0 Å². The Labute approximate surface area is 78.7 Å². The van der Waals surface area contributed by atoms with Crippen LogP contribution in [0.15, 0.2) is 22.7 Å². The van der Waals surface area contributed by atoms with Crippen molar-refractivity contribution in [3.05, 3.63) is 41.0 Å². The molecule has 0 aliphatic carbocycles. The lowest BCUT2D eigenvalue weighted by atomic mass is 10.0. The van der Waals surface area contributed by atoms with Crippen molar-refractivity contribution in [2.75, 3.05) is 6.67 Å². The Hall–Kier alpha value is -0.440. The van der Waals surface area contributed by atoms with Gasteiger partial charge in [-0.3, -0.25) is 4.39 Å². The van der Waals surface area contributed by atoms with Gasteiger partial charge < -0.3 is 0 Å². The fraction of sp³-hybridized carbons (Fsp3) is 0.222. The van der Waals surface area contributed by atoms with Gasteiger partial charge in [0.2, 0.25) is 0 Å². The van der Waals surface area contributed by atoms with Gasteiger partial charge in [-0.1, -0.05) is 12.1 Å². The maximum absolute atomic E-state index is 12.9. The Bertz CT molecular complexity index is 273. The minimum absolute atomic E-state index is 0.308. The van der Waals surface area contributed by atoms with Crippen molar-refractivity contribution in [1.29, 1.82) is 0 Å². The van der Waals surface area contributed by atoms with Crippen LogP contribution >= 0.6 is 15.9 Å². The standard InChI is InChI=1S/C9H8BrF2/c1-6(5-11)7-3-2-4-8(12)9(7)10/h2-4,6H,1,5H2. The van der Waals surface area contributed by atoms with E-state index in [1.807, 2.05) is 0 Å². The van der Waals surface area contributed by atoms with E-state index in [1.54, 1.807) is 12.1 Å². The molecule has 1 rings (SSSR count). The van der Waals surface area contributed by atoms with Crippen LogP contribution in [0, 0.1) is 12.7 Å². The van der Waals surface area contributed by atoms with Crippen LogP contribution in [0.4, 0.5) is 8.78 Å². The number of halogens is 3. The molecular formula is C9H8BrF2. The summed E-state index contributed by atoms with van der Waals surface area (Å²) in [4.78, 5) is 0. The van der Waals surface area contributed by atoms with Crippen molar-refractivity contribution >= 4 is 15.9 Å². The lowest BCUT2D eigenvalue weighted by Crippen LogP contribution is -1.98. The molecule has 0 aliphatic rings. The fourth-order valence-electron chi connectivity index (χ4n) is 0.919. The first kappa shape index (κ1) is 9.65. The number of benzene rings is 1. The van der Waals surface area contributed by atoms with Crippen LogP contribution in [0.25, 0.3) is 0 Å². The quantitative estimate of drug-likeness (QED) is 0.734. The van der Waals surface area contributed by atoms with Gasteiger partial charge in [-0.15, -0.1) is 0 Å². The first-order valence-corrected chi connectivity index (χ1v) is 4.29. The molecule has 12 heavy (non-hydrogen) atoms. The van der Waals surface area contributed by atoms with Crippen LogP contribution in [0.2, 0.25) is 0 Å². The van der Waals surface area contributed by atoms with Gasteiger partial charge in [-0.25, -0.2) is 4.39 Å². The highest BCUT2D eigenvalue weighted by atomic mass is 79.9. The summed E-state index contributed by atoms with van der Waals surface area (Å²) in [6, 6.07) is 4.52. The fourth-order valence-corrected chi connectivity index (χ4v) is 1.51. The Morgan fingerprint density at radius 3 is 2.75 bits per heavy atom. The van der Waals surface area contributed by atoms with Crippen LogP contribution in [-0.4, -0.2) is 6.67 Å². The molecule has 0 N–H and O–H groups in total. The molecule has 1 aromatic rings. The summed E-state index contributed by atoms with van der Waals surface area (Å²) in [6.07, 6.45) is 0. The molecule has 0 aliphatic heterocycles. The summed E-state index contributed by atoms with van der Waals surface area (Å²) >= 11 is 3.04. The number of hydrogen-bond donors (Lipinski definition) is 0. The van der Waals surface area contributed by atoms with E-state index < -0.39 is 12.6 Å². The smallest absolute Gasteiger partial charge is 0.137 e. The maximum Gasteiger partial charge on any atom is 0.137 e. The third-order valence-corrected chi connectivity index (χ3v) is 2.44. The van der Waals surface area contributed by atoms with Gasteiger partial charge >= 0.3 is 0 Å². The molecule has 65 valence electrons. The lowest BCUT2D eigenvalue weighted by molar-refractivity contribution is 0.463. The highest BCUT2D eigenvalue weighted by Gasteiger charge is 2.11. The van der Waals surface area contributed by atoms with Crippen LogP contribution in [0.3, 0.4) is 0 Å². The Morgan fingerprint density at radius 1 is 1.50 bits per heavy atom. The second-order valence-electron chi connectivity index (χ2n) is 2.49. The maximum atomic E-state index is 12.9. The molecule has 0 fully saturated rings. The molecule has 0 aromatic heterocycles. The van der Waals surface area contributed by atoms with E-state index >= 15 is 0 Å². The molecule has 0 bridgehead atoms. The normalized spacial score (nSPS) is 13.0. The van der Waals surface area contributed by atoms with Gasteiger partial charge in [0.1, 0.15) is 5.82 Å². The van der Waals surface area contributed by atoms with Crippen molar-refractivity contribution in [2.24, 2.45) is 0 Å². The molecule has 0 amide bonds. The van der Waals surface area contributed by atoms with E-state index in [1.165, 1.54) is 6.07 Å². The molecule has 0 saturated carbocycles. The Morgan fingerprint density at radius 2 is 2.17 bits per heavy atom. The monoisotopic (exact) mass is 233 g/mol. The zero-order valence-electron chi connectivity index (χ0n) is 6.36. The van der Waals surface area contributed by atoms with Crippen LogP contribution in [0.5, 0.6) is 0 Å². The molecule has 0 spiro atoms. The predicted molar refractivity (Wildman–Crippen MR) is 48.2 cm³/mol. The molecule has 1 radical (unpaired) electrons. The number of hydrogen-bond acceptors (Lipinski definition) is 0. The number of alkyl halides is 1. The van der Waals surface area contributed by atoms with E-state index in [9.17, 15) is 8.78 Å². The summed E-state index contributed by atoms with van der Waals surface area (Å²) < 4.78 is 25.4. The first-order chi connectivity index (χ1) is 5.66. The molecule has 3 heteroatoms. The summed E-state index contributed by atoms with van der Waals surface area (Å²) in [6.45, 7) is 2.98. The molecule has 1 aromatic carbocycles. The summed E-state index contributed by atoms with van der Waals surface area (Å²) in [5, 5.41) is 0. The van der Waals surface area contributed by atoms with Crippen LogP contribution < -0.4 is 0 Å². The van der Waals surface area contributed by atoms with E-state index in [0.29, 0.717) is 10.0 Å². The van der Waals surface area contributed by atoms with Gasteiger partial charge in [-0.05, 0) is 34.5 Å². The minimum atomic E-state index is -0.581. The summed E-state index contributed by atoms with van der Waals surface area (Å²) in [5.74, 6) is -0.885. The van der Waals surface area contributed by atoms with E-state index in [4.69, 9.17) is 0 Å².